The topological polar surface area (TPSA) is 55.4 Å². The third-order valence-corrected chi connectivity index (χ3v) is 4.35. The van der Waals surface area contributed by atoms with Crippen LogP contribution in [0.3, 0.4) is 0 Å². The van der Waals surface area contributed by atoms with E-state index in [0.717, 1.165) is 34.9 Å². The van der Waals surface area contributed by atoms with E-state index < -0.39 is 0 Å². The summed E-state index contributed by atoms with van der Waals surface area (Å²) in [6.45, 7) is 6.15. The molecule has 0 aliphatic carbocycles. The predicted octanol–water partition coefficient (Wildman–Crippen LogP) is 3.99. The zero-order valence-corrected chi connectivity index (χ0v) is 15.7. The highest BCUT2D eigenvalue weighted by Gasteiger charge is 2.34. The largest absolute Gasteiger partial charge is 0.497 e. The van der Waals surface area contributed by atoms with E-state index in [0.29, 0.717) is 5.11 Å². The lowest BCUT2D eigenvalue weighted by Gasteiger charge is -2.38. The maximum Gasteiger partial charge on any atom is 0.172 e. The first-order valence-corrected chi connectivity index (χ1v) is 8.64. The number of nitrogens with one attached hydrogen (secondary N) is 2. The first-order valence-electron chi connectivity index (χ1n) is 8.23. The average Bonchev–Trinajstić information content (AvgIpc) is 2.55. The molecule has 0 radical (unpaired) electrons. The molecule has 6 heteroatoms. The molecule has 5 nitrogen and oxygen atoms in total. The fourth-order valence-electron chi connectivity index (χ4n) is 2.94. The summed E-state index contributed by atoms with van der Waals surface area (Å²) in [5.41, 5.74) is 1.87. The molecule has 1 aliphatic rings. The predicted molar refractivity (Wildman–Crippen MR) is 103 cm³/mol. The number of nitrogens with zero attached hydrogens (tertiary/aromatic N) is 1. The summed E-state index contributed by atoms with van der Waals surface area (Å²) in [5.74, 6) is 2.37. The lowest BCUT2D eigenvalue weighted by molar-refractivity contribution is 0.0695. The third-order valence-electron chi connectivity index (χ3n) is 4.13. The summed E-state index contributed by atoms with van der Waals surface area (Å²) in [5, 5.41) is 7.07. The number of hydrogen-bond acceptors (Lipinski definition) is 4. The molecule has 2 N–H and O–H groups in total. The summed E-state index contributed by atoms with van der Waals surface area (Å²) in [7, 11) is 1.66. The number of anilines is 1. The lowest BCUT2D eigenvalue weighted by atomic mass is 9.89. The Morgan fingerprint density at radius 1 is 1.32 bits per heavy atom. The Morgan fingerprint density at radius 3 is 2.80 bits per heavy atom. The normalized spacial score (nSPS) is 17.8. The molecule has 0 saturated carbocycles. The number of aromatic nitrogens is 1. The van der Waals surface area contributed by atoms with Gasteiger partial charge in [-0.2, -0.15) is 0 Å². The van der Waals surface area contributed by atoms with E-state index in [1.54, 1.807) is 7.11 Å². The highest BCUT2D eigenvalue weighted by Crippen LogP contribution is 2.41. The number of hydrogen-bond donors (Lipinski definition) is 2. The molecular formula is C19H23N3O2S. The van der Waals surface area contributed by atoms with Gasteiger partial charge in [0.05, 0.1) is 13.2 Å². The van der Waals surface area contributed by atoms with Crippen molar-refractivity contribution in [1.82, 2.24) is 10.3 Å². The molecule has 3 rings (SSSR count). The summed E-state index contributed by atoms with van der Waals surface area (Å²) in [6.07, 6.45) is 2.60. The van der Waals surface area contributed by atoms with E-state index in [2.05, 4.69) is 29.5 Å². The number of aryl methyl sites for hydroxylation is 1. The van der Waals surface area contributed by atoms with Gasteiger partial charge in [0.25, 0.3) is 0 Å². The summed E-state index contributed by atoms with van der Waals surface area (Å²) >= 11 is 5.48. The minimum absolute atomic E-state index is 0.0271. The lowest BCUT2D eigenvalue weighted by Crippen LogP contribution is -2.42. The van der Waals surface area contributed by atoms with Gasteiger partial charge in [0.2, 0.25) is 0 Å². The molecule has 0 saturated heterocycles. The number of benzene rings is 1. The summed E-state index contributed by atoms with van der Waals surface area (Å²) in [4.78, 5) is 4.33. The van der Waals surface area contributed by atoms with Crippen molar-refractivity contribution in [3.8, 4) is 11.5 Å². The fourth-order valence-corrected chi connectivity index (χ4v) is 3.19. The van der Waals surface area contributed by atoms with E-state index in [1.807, 2.05) is 43.5 Å². The molecule has 1 atom stereocenters. The molecule has 2 heterocycles. The Bertz CT molecular complexity index is 775. The first kappa shape index (κ1) is 17.5. The van der Waals surface area contributed by atoms with E-state index in [1.165, 1.54) is 0 Å². The first-order chi connectivity index (χ1) is 11.9. The molecule has 1 aromatic carbocycles. The van der Waals surface area contributed by atoms with Crippen LogP contribution in [-0.2, 0) is 0 Å². The molecule has 0 fully saturated rings. The number of methoxy groups -OCH3 is 1. The number of thiocarbonyl (C=S) groups is 1. The minimum Gasteiger partial charge on any atom is -0.497 e. The van der Waals surface area contributed by atoms with Crippen LogP contribution in [0.15, 0.2) is 36.5 Å². The number of fused-ring (bicyclic) bond motifs is 1. The Kier molecular flexibility index (Phi) is 4.81. The second-order valence-electron chi connectivity index (χ2n) is 6.84. The number of pyridine rings is 1. The second kappa shape index (κ2) is 6.88. The van der Waals surface area contributed by atoms with Crippen molar-refractivity contribution in [2.45, 2.75) is 38.8 Å². The Balaban J connectivity index is 1.79. The van der Waals surface area contributed by atoms with Crippen LogP contribution >= 0.6 is 12.2 Å². The monoisotopic (exact) mass is 357 g/mol. The van der Waals surface area contributed by atoms with Crippen LogP contribution in [0.1, 0.15) is 37.4 Å². The van der Waals surface area contributed by atoms with Crippen LogP contribution in [0.4, 0.5) is 5.82 Å². The maximum absolute atomic E-state index is 6.09. The Labute approximate surface area is 153 Å². The third kappa shape index (κ3) is 4.20. The van der Waals surface area contributed by atoms with Gasteiger partial charge in [0.1, 0.15) is 22.9 Å². The van der Waals surface area contributed by atoms with Crippen molar-refractivity contribution >= 4 is 23.1 Å². The smallest absolute Gasteiger partial charge is 0.172 e. The van der Waals surface area contributed by atoms with Crippen LogP contribution in [0.5, 0.6) is 11.5 Å². The van der Waals surface area contributed by atoms with E-state index in [4.69, 9.17) is 21.7 Å². The Hall–Kier alpha value is -2.34. The standard InChI is InChI=1S/C19H23N3O2S/c1-12-5-8-17(20-11-12)22-18(25)21-15-10-19(2,3)24-16-7-6-13(23-4)9-14(15)16/h5-9,11,15H,10H2,1-4H3,(H2,20,21,22,25)/t15-/m1/s1. The molecule has 132 valence electrons. The highest BCUT2D eigenvalue weighted by atomic mass is 32.1. The summed E-state index contributed by atoms with van der Waals surface area (Å²) < 4.78 is 11.4. The van der Waals surface area contributed by atoms with E-state index in [9.17, 15) is 0 Å². The van der Waals surface area contributed by atoms with Gasteiger partial charge in [-0.3, -0.25) is 0 Å². The van der Waals surface area contributed by atoms with Gasteiger partial charge in [0, 0.05) is 18.2 Å². The van der Waals surface area contributed by atoms with Crippen LogP contribution < -0.4 is 20.1 Å². The van der Waals surface area contributed by atoms with Crippen molar-refractivity contribution in [3.63, 3.8) is 0 Å². The van der Waals surface area contributed by atoms with Crippen molar-refractivity contribution in [1.29, 1.82) is 0 Å². The summed E-state index contributed by atoms with van der Waals surface area (Å²) in [6, 6.07) is 9.78. The van der Waals surface area contributed by atoms with Gasteiger partial charge >= 0.3 is 0 Å². The van der Waals surface area contributed by atoms with Gasteiger partial charge in [0.15, 0.2) is 5.11 Å². The zero-order chi connectivity index (χ0) is 18.0. The fraction of sp³-hybridized carbons (Fsp3) is 0.368. The van der Waals surface area contributed by atoms with Crippen molar-refractivity contribution in [2.75, 3.05) is 12.4 Å². The molecule has 0 unspecified atom stereocenters. The van der Waals surface area contributed by atoms with E-state index >= 15 is 0 Å². The average molecular weight is 357 g/mol. The number of ether oxygens (including phenoxy) is 2. The van der Waals surface area contributed by atoms with Crippen LogP contribution in [0.25, 0.3) is 0 Å². The quantitative estimate of drug-likeness (QED) is 0.810. The van der Waals surface area contributed by atoms with Crippen molar-refractivity contribution in [2.24, 2.45) is 0 Å². The molecule has 0 spiro atoms. The van der Waals surface area contributed by atoms with Gasteiger partial charge in [-0.15, -0.1) is 0 Å². The minimum atomic E-state index is -0.281. The molecule has 1 aliphatic heterocycles. The van der Waals surface area contributed by atoms with Gasteiger partial charge in [-0.1, -0.05) is 6.07 Å². The Morgan fingerprint density at radius 2 is 2.12 bits per heavy atom. The van der Waals surface area contributed by atoms with E-state index in [-0.39, 0.29) is 11.6 Å². The van der Waals surface area contributed by atoms with Crippen LogP contribution in [-0.4, -0.2) is 22.8 Å². The zero-order valence-electron chi connectivity index (χ0n) is 14.9. The van der Waals surface area contributed by atoms with Gasteiger partial charge in [-0.05, 0) is 62.8 Å². The molecule has 0 amide bonds. The molecule has 2 aromatic rings. The van der Waals surface area contributed by atoms with Crippen molar-refractivity contribution < 1.29 is 9.47 Å². The number of rotatable bonds is 3. The SMILES string of the molecule is COc1ccc2c(c1)[C@H](NC(=S)Nc1ccc(C)cn1)CC(C)(C)O2. The van der Waals surface area contributed by atoms with Crippen LogP contribution in [0, 0.1) is 6.92 Å². The molecule has 1 aromatic heterocycles. The van der Waals surface area contributed by atoms with Crippen LogP contribution in [0.2, 0.25) is 0 Å². The highest BCUT2D eigenvalue weighted by molar-refractivity contribution is 7.80. The maximum atomic E-state index is 6.09. The second-order valence-corrected chi connectivity index (χ2v) is 7.25. The molecule has 0 bridgehead atoms. The van der Waals surface area contributed by atoms with Crippen molar-refractivity contribution in [3.05, 3.63) is 47.7 Å². The van der Waals surface area contributed by atoms with Gasteiger partial charge in [-0.25, -0.2) is 4.98 Å². The molecule has 25 heavy (non-hydrogen) atoms. The van der Waals surface area contributed by atoms with Gasteiger partial charge < -0.3 is 20.1 Å². The molecular weight excluding hydrogens is 334 g/mol.